The van der Waals surface area contributed by atoms with E-state index >= 15 is 0 Å². The third-order valence-electron chi connectivity index (χ3n) is 2.45. The largest absolute Gasteiger partial charge is 0.452 e. The number of nitrogens with zero attached hydrogens (tertiary/aromatic N) is 2. The Morgan fingerprint density at radius 2 is 2.10 bits per heavy atom. The van der Waals surface area contributed by atoms with E-state index in [1.54, 1.807) is 24.3 Å². The zero-order valence-corrected chi connectivity index (χ0v) is 10.9. The van der Waals surface area contributed by atoms with Crippen molar-refractivity contribution in [3.63, 3.8) is 0 Å². The maximum atomic E-state index is 11.7. The van der Waals surface area contributed by atoms with Crippen LogP contribution in [0.2, 0.25) is 0 Å². The van der Waals surface area contributed by atoms with Crippen LogP contribution in [0.3, 0.4) is 0 Å². The van der Waals surface area contributed by atoms with Gasteiger partial charge in [0.25, 0.3) is 5.91 Å². The van der Waals surface area contributed by atoms with E-state index < -0.39 is 11.9 Å². The van der Waals surface area contributed by atoms with Gasteiger partial charge in [-0.2, -0.15) is 0 Å². The number of carbonyl (C=O) groups is 2. The van der Waals surface area contributed by atoms with E-state index in [-0.39, 0.29) is 13.2 Å². The minimum Gasteiger partial charge on any atom is -0.452 e. The zero-order chi connectivity index (χ0) is 15.1. The molecule has 0 saturated heterocycles. The van der Waals surface area contributed by atoms with E-state index in [9.17, 15) is 9.59 Å². The van der Waals surface area contributed by atoms with Crippen LogP contribution in [0.15, 0.2) is 35.1 Å². The Labute approximate surface area is 120 Å². The molecule has 0 spiro atoms. The van der Waals surface area contributed by atoms with Crippen LogP contribution in [-0.2, 0) is 9.53 Å². The highest BCUT2D eigenvalue weighted by Crippen LogP contribution is 2.16. The number of ether oxygens (including phenoxy) is 1. The molecule has 7 nitrogen and oxygen atoms in total. The number of nitrogens with one attached hydrogen (secondary N) is 1. The van der Waals surface area contributed by atoms with E-state index in [0.29, 0.717) is 17.0 Å². The van der Waals surface area contributed by atoms with Crippen LogP contribution in [0.1, 0.15) is 10.4 Å². The number of aromatic nitrogens is 2. The second-order valence-electron chi connectivity index (χ2n) is 3.88. The minimum atomic E-state index is -0.608. The fourth-order valence-corrected chi connectivity index (χ4v) is 1.46. The van der Waals surface area contributed by atoms with Gasteiger partial charge in [-0.15, -0.1) is 16.6 Å². The minimum absolute atomic E-state index is 0.0925. The molecule has 0 aliphatic rings. The zero-order valence-electron chi connectivity index (χ0n) is 10.9. The molecule has 0 radical (unpaired) electrons. The molecule has 0 aliphatic carbocycles. The smallest absolute Gasteiger partial charge is 0.338 e. The van der Waals surface area contributed by atoms with Crippen LogP contribution in [-0.4, -0.2) is 35.2 Å². The van der Waals surface area contributed by atoms with Gasteiger partial charge < -0.3 is 14.5 Å². The van der Waals surface area contributed by atoms with Gasteiger partial charge in [-0.3, -0.25) is 4.79 Å². The predicted octanol–water partition coefficient (Wildman–Crippen LogP) is 0.643. The molecule has 1 heterocycles. The normalized spacial score (nSPS) is 9.67. The van der Waals surface area contributed by atoms with Crippen LogP contribution in [0.25, 0.3) is 11.5 Å². The first-order chi connectivity index (χ1) is 10.2. The molecule has 0 aliphatic heterocycles. The monoisotopic (exact) mass is 285 g/mol. The van der Waals surface area contributed by atoms with E-state index in [0.717, 1.165) is 0 Å². The SMILES string of the molecule is C#CCNC(=O)COC(=O)c1ccc(-c2nnco2)cc1. The number of esters is 1. The maximum absolute atomic E-state index is 11.7. The molecule has 0 saturated carbocycles. The van der Waals surface area contributed by atoms with Gasteiger partial charge in [0.05, 0.1) is 12.1 Å². The lowest BCUT2D eigenvalue weighted by Crippen LogP contribution is -2.28. The highest BCUT2D eigenvalue weighted by Gasteiger charge is 2.11. The van der Waals surface area contributed by atoms with Crippen molar-refractivity contribution in [2.24, 2.45) is 0 Å². The molecule has 2 aromatic rings. The molecule has 0 unspecified atom stereocenters. The number of carbonyl (C=O) groups excluding carboxylic acids is 2. The van der Waals surface area contributed by atoms with E-state index in [1.165, 1.54) is 6.39 Å². The van der Waals surface area contributed by atoms with Gasteiger partial charge in [-0.1, -0.05) is 5.92 Å². The first-order valence-corrected chi connectivity index (χ1v) is 5.94. The van der Waals surface area contributed by atoms with E-state index in [4.69, 9.17) is 15.6 Å². The molecule has 1 N–H and O–H groups in total. The highest BCUT2D eigenvalue weighted by molar-refractivity contribution is 5.91. The lowest BCUT2D eigenvalue weighted by atomic mass is 10.1. The molecule has 1 amide bonds. The number of hydrogen-bond donors (Lipinski definition) is 1. The maximum Gasteiger partial charge on any atom is 0.338 e. The predicted molar refractivity (Wildman–Crippen MR) is 71.9 cm³/mol. The Bertz CT molecular complexity index is 657. The lowest BCUT2D eigenvalue weighted by Gasteiger charge is -2.05. The summed E-state index contributed by atoms with van der Waals surface area (Å²) in [5.41, 5.74) is 0.985. The average molecular weight is 285 g/mol. The molecule has 21 heavy (non-hydrogen) atoms. The van der Waals surface area contributed by atoms with Crippen molar-refractivity contribution in [2.75, 3.05) is 13.2 Å². The number of terminal acetylenes is 1. The molecule has 7 heteroatoms. The van der Waals surface area contributed by atoms with Gasteiger partial charge in [-0.05, 0) is 24.3 Å². The fraction of sp³-hybridized carbons (Fsp3) is 0.143. The molecule has 0 atom stereocenters. The van der Waals surface area contributed by atoms with Crippen molar-refractivity contribution in [1.29, 1.82) is 0 Å². The van der Waals surface area contributed by atoms with Crippen LogP contribution in [0.5, 0.6) is 0 Å². The number of amides is 1. The lowest BCUT2D eigenvalue weighted by molar-refractivity contribution is -0.123. The van der Waals surface area contributed by atoms with Crippen molar-refractivity contribution in [3.8, 4) is 23.8 Å². The van der Waals surface area contributed by atoms with Crippen molar-refractivity contribution in [2.45, 2.75) is 0 Å². The van der Waals surface area contributed by atoms with Crippen LogP contribution < -0.4 is 5.32 Å². The summed E-state index contributed by atoms with van der Waals surface area (Å²) in [5.74, 6) is 1.53. The number of hydrogen-bond acceptors (Lipinski definition) is 6. The summed E-state index contributed by atoms with van der Waals surface area (Å²) in [5, 5.41) is 9.70. The van der Waals surface area contributed by atoms with Gasteiger partial charge in [0.2, 0.25) is 12.3 Å². The molecular formula is C14H11N3O4. The Morgan fingerprint density at radius 3 is 2.71 bits per heavy atom. The second kappa shape index (κ2) is 6.86. The van der Waals surface area contributed by atoms with Crippen LogP contribution in [0, 0.1) is 12.3 Å². The van der Waals surface area contributed by atoms with Crippen molar-refractivity contribution >= 4 is 11.9 Å². The summed E-state index contributed by atoms with van der Waals surface area (Å²) in [7, 11) is 0. The van der Waals surface area contributed by atoms with Crippen molar-refractivity contribution < 1.29 is 18.7 Å². The summed E-state index contributed by atoms with van der Waals surface area (Å²) in [4.78, 5) is 23.0. The standard InChI is InChI=1S/C14H11N3O4/c1-2-7-15-12(18)8-20-14(19)11-5-3-10(4-6-11)13-17-16-9-21-13/h1,3-6,9H,7-8H2,(H,15,18). The van der Waals surface area contributed by atoms with Gasteiger partial charge in [0.1, 0.15) is 0 Å². The first-order valence-electron chi connectivity index (χ1n) is 5.94. The molecule has 106 valence electrons. The number of benzene rings is 1. The third kappa shape index (κ3) is 3.91. The molecule has 2 rings (SSSR count). The molecule has 1 aromatic heterocycles. The summed E-state index contributed by atoms with van der Waals surface area (Å²) in [6.07, 6.45) is 6.20. The molecular weight excluding hydrogens is 274 g/mol. The van der Waals surface area contributed by atoms with Gasteiger partial charge in [0.15, 0.2) is 6.61 Å². The fourth-order valence-electron chi connectivity index (χ4n) is 1.46. The highest BCUT2D eigenvalue weighted by atomic mass is 16.5. The third-order valence-corrected chi connectivity index (χ3v) is 2.45. The van der Waals surface area contributed by atoms with Crippen molar-refractivity contribution in [1.82, 2.24) is 15.5 Å². The van der Waals surface area contributed by atoms with E-state index in [1.807, 2.05) is 0 Å². The van der Waals surface area contributed by atoms with Crippen LogP contribution in [0.4, 0.5) is 0 Å². The first kappa shape index (κ1) is 14.3. The van der Waals surface area contributed by atoms with Gasteiger partial charge in [0, 0.05) is 5.56 Å². The van der Waals surface area contributed by atoms with E-state index in [2.05, 4.69) is 21.4 Å². The number of rotatable bonds is 5. The Balaban J connectivity index is 1.91. The Hall–Kier alpha value is -3.14. The molecule has 0 bridgehead atoms. The summed E-state index contributed by atoms with van der Waals surface area (Å²) in [6.45, 7) is -0.290. The van der Waals surface area contributed by atoms with Crippen molar-refractivity contribution in [3.05, 3.63) is 36.2 Å². The summed E-state index contributed by atoms with van der Waals surface area (Å²) < 4.78 is 9.88. The second-order valence-corrected chi connectivity index (χ2v) is 3.88. The van der Waals surface area contributed by atoms with Crippen LogP contribution >= 0.6 is 0 Å². The molecule has 0 fully saturated rings. The summed E-state index contributed by atoms with van der Waals surface area (Å²) in [6, 6.07) is 6.37. The average Bonchev–Trinajstić information content (AvgIpc) is 3.05. The Kier molecular flexibility index (Phi) is 4.66. The summed E-state index contributed by atoms with van der Waals surface area (Å²) >= 11 is 0. The van der Waals surface area contributed by atoms with Gasteiger partial charge in [-0.25, -0.2) is 4.79 Å². The quantitative estimate of drug-likeness (QED) is 0.640. The Morgan fingerprint density at radius 1 is 1.33 bits per heavy atom. The van der Waals surface area contributed by atoms with Gasteiger partial charge >= 0.3 is 5.97 Å². The topological polar surface area (TPSA) is 94.3 Å². The molecule has 1 aromatic carbocycles.